The summed E-state index contributed by atoms with van der Waals surface area (Å²) in [5.74, 6) is 2.11. The Hall–Kier alpha value is -0.470. The topological polar surface area (TPSA) is 20.2 Å². The zero-order chi connectivity index (χ0) is 11.4. The van der Waals surface area contributed by atoms with Gasteiger partial charge in [0.1, 0.15) is 0 Å². The van der Waals surface area contributed by atoms with Crippen LogP contribution in [0.15, 0.2) is 29.2 Å². The van der Waals surface area contributed by atoms with Gasteiger partial charge in [-0.3, -0.25) is 0 Å². The second-order valence-corrected chi connectivity index (χ2v) is 5.74. The molecule has 2 heteroatoms. The van der Waals surface area contributed by atoms with Crippen molar-refractivity contribution in [1.29, 1.82) is 0 Å². The molecule has 1 N–H and O–H groups in total. The van der Waals surface area contributed by atoms with Crippen LogP contribution in [0.1, 0.15) is 44.3 Å². The standard InChI is InChI=1S/C14H20OS/c1-11(15)13-8-4-5-9-14(13)16-10-12-6-2-3-7-12/h4-5,8-9,11-12,15H,2-3,6-7,10H2,1H3. The van der Waals surface area contributed by atoms with Gasteiger partial charge in [-0.15, -0.1) is 11.8 Å². The summed E-state index contributed by atoms with van der Waals surface area (Å²) in [6, 6.07) is 8.22. The number of hydrogen-bond donors (Lipinski definition) is 1. The predicted octanol–water partition coefficient (Wildman–Crippen LogP) is 4.02. The van der Waals surface area contributed by atoms with Gasteiger partial charge in [0.15, 0.2) is 0 Å². The fraction of sp³-hybridized carbons (Fsp3) is 0.571. The molecule has 0 aliphatic heterocycles. The molecule has 1 nitrogen and oxygen atoms in total. The van der Waals surface area contributed by atoms with Gasteiger partial charge in [-0.25, -0.2) is 0 Å². The fourth-order valence-corrected chi connectivity index (χ4v) is 3.67. The lowest BCUT2D eigenvalue weighted by Crippen LogP contribution is -1.99. The molecule has 1 fully saturated rings. The summed E-state index contributed by atoms with van der Waals surface area (Å²) in [5, 5.41) is 9.68. The summed E-state index contributed by atoms with van der Waals surface area (Å²) in [4.78, 5) is 1.25. The van der Waals surface area contributed by atoms with Crippen molar-refractivity contribution in [2.45, 2.75) is 43.6 Å². The normalized spacial score (nSPS) is 18.9. The van der Waals surface area contributed by atoms with Gasteiger partial charge in [-0.1, -0.05) is 31.0 Å². The van der Waals surface area contributed by atoms with E-state index in [1.165, 1.54) is 36.3 Å². The average Bonchev–Trinajstić information content (AvgIpc) is 2.79. The SMILES string of the molecule is CC(O)c1ccccc1SCC1CCCC1. The quantitative estimate of drug-likeness (QED) is 0.797. The Labute approximate surface area is 102 Å². The molecule has 1 unspecified atom stereocenters. The highest BCUT2D eigenvalue weighted by Gasteiger charge is 2.16. The second-order valence-electron chi connectivity index (χ2n) is 4.68. The largest absolute Gasteiger partial charge is 0.389 e. The minimum Gasteiger partial charge on any atom is -0.389 e. The molecular weight excluding hydrogens is 216 g/mol. The Morgan fingerprint density at radius 1 is 1.31 bits per heavy atom. The van der Waals surface area contributed by atoms with Crippen LogP contribution in [0.4, 0.5) is 0 Å². The summed E-state index contributed by atoms with van der Waals surface area (Å²) in [5.41, 5.74) is 1.07. The van der Waals surface area contributed by atoms with E-state index in [4.69, 9.17) is 0 Å². The van der Waals surface area contributed by atoms with E-state index in [1.807, 2.05) is 30.8 Å². The second kappa shape index (κ2) is 5.74. The van der Waals surface area contributed by atoms with Gasteiger partial charge in [0, 0.05) is 10.6 Å². The average molecular weight is 236 g/mol. The van der Waals surface area contributed by atoms with Crippen LogP contribution < -0.4 is 0 Å². The Balaban J connectivity index is 1.97. The number of rotatable bonds is 4. The van der Waals surface area contributed by atoms with Crippen molar-refractivity contribution in [3.8, 4) is 0 Å². The number of aliphatic hydroxyl groups excluding tert-OH is 1. The number of aliphatic hydroxyl groups is 1. The van der Waals surface area contributed by atoms with Gasteiger partial charge >= 0.3 is 0 Å². The van der Waals surface area contributed by atoms with Gasteiger partial charge in [0.2, 0.25) is 0 Å². The van der Waals surface area contributed by atoms with Crippen molar-refractivity contribution in [2.75, 3.05) is 5.75 Å². The number of benzene rings is 1. The third-order valence-electron chi connectivity index (χ3n) is 3.32. The fourth-order valence-electron chi connectivity index (χ4n) is 2.34. The van der Waals surface area contributed by atoms with Crippen LogP contribution in [0.3, 0.4) is 0 Å². The molecule has 88 valence electrons. The highest BCUT2D eigenvalue weighted by Crippen LogP contribution is 2.33. The molecule has 0 radical (unpaired) electrons. The van der Waals surface area contributed by atoms with Gasteiger partial charge in [0.25, 0.3) is 0 Å². The zero-order valence-corrected chi connectivity index (χ0v) is 10.7. The van der Waals surface area contributed by atoms with Crippen molar-refractivity contribution >= 4 is 11.8 Å². The molecule has 1 aromatic carbocycles. The van der Waals surface area contributed by atoms with Gasteiger partial charge in [0.05, 0.1) is 6.10 Å². The van der Waals surface area contributed by atoms with E-state index in [9.17, 15) is 5.11 Å². The van der Waals surface area contributed by atoms with Gasteiger partial charge < -0.3 is 5.11 Å². The number of hydrogen-bond acceptors (Lipinski definition) is 2. The molecule has 0 aromatic heterocycles. The first-order chi connectivity index (χ1) is 7.77. The molecule has 0 heterocycles. The highest BCUT2D eigenvalue weighted by molar-refractivity contribution is 7.99. The van der Waals surface area contributed by atoms with E-state index >= 15 is 0 Å². The first-order valence-electron chi connectivity index (χ1n) is 6.17. The van der Waals surface area contributed by atoms with E-state index in [0.29, 0.717) is 0 Å². The Bertz CT molecular complexity index is 329. The van der Waals surface area contributed by atoms with Crippen LogP contribution >= 0.6 is 11.8 Å². The van der Waals surface area contributed by atoms with Crippen molar-refractivity contribution in [3.63, 3.8) is 0 Å². The molecule has 1 aliphatic carbocycles. The van der Waals surface area contributed by atoms with Crippen molar-refractivity contribution < 1.29 is 5.11 Å². The molecule has 1 aromatic rings. The molecule has 0 bridgehead atoms. The van der Waals surface area contributed by atoms with Crippen LogP contribution in [0.5, 0.6) is 0 Å². The zero-order valence-electron chi connectivity index (χ0n) is 9.86. The van der Waals surface area contributed by atoms with E-state index in [-0.39, 0.29) is 6.10 Å². The van der Waals surface area contributed by atoms with Crippen LogP contribution in [0.25, 0.3) is 0 Å². The van der Waals surface area contributed by atoms with E-state index in [2.05, 4.69) is 12.1 Å². The van der Waals surface area contributed by atoms with Crippen LogP contribution in [-0.2, 0) is 0 Å². The first-order valence-corrected chi connectivity index (χ1v) is 7.15. The van der Waals surface area contributed by atoms with E-state index < -0.39 is 0 Å². The lowest BCUT2D eigenvalue weighted by Gasteiger charge is -2.13. The molecule has 1 aliphatic rings. The lowest BCUT2D eigenvalue weighted by atomic mass is 10.1. The molecule has 0 saturated heterocycles. The lowest BCUT2D eigenvalue weighted by molar-refractivity contribution is 0.196. The maximum atomic E-state index is 9.68. The van der Waals surface area contributed by atoms with Crippen molar-refractivity contribution in [2.24, 2.45) is 5.92 Å². The van der Waals surface area contributed by atoms with Gasteiger partial charge in [-0.2, -0.15) is 0 Å². The minimum absolute atomic E-state index is 0.354. The smallest absolute Gasteiger partial charge is 0.0772 e. The summed E-state index contributed by atoms with van der Waals surface area (Å²) in [6.07, 6.45) is 5.24. The Morgan fingerprint density at radius 3 is 2.69 bits per heavy atom. The third-order valence-corrected chi connectivity index (χ3v) is 4.64. The number of thioether (sulfide) groups is 1. The molecule has 0 spiro atoms. The maximum Gasteiger partial charge on any atom is 0.0772 e. The minimum atomic E-state index is -0.354. The first kappa shape index (κ1) is 12.0. The van der Waals surface area contributed by atoms with Crippen molar-refractivity contribution in [3.05, 3.63) is 29.8 Å². The van der Waals surface area contributed by atoms with Crippen LogP contribution in [0, 0.1) is 5.92 Å². The predicted molar refractivity (Wildman–Crippen MR) is 69.8 cm³/mol. The maximum absolute atomic E-state index is 9.68. The summed E-state index contributed by atoms with van der Waals surface area (Å²) < 4.78 is 0. The summed E-state index contributed by atoms with van der Waals surface area (Å²) >= 11 is 1.91. The molecule has 0 amide bonds. The molecule has 1 atom stereocenters. The van der Waals surface area contributed by atoms with Gasteiger partial charge in [-0.05, 0) is 37.3 Å². The molecule has 1 saturated carbocycles. The molecule has 2 rings (SSSR count). The highest BCUT2D eigenvalue weighted by atomic mass is 32.2. The van der Waals surface area contributed by atoms with Crippen molar-refractivity contribution in [1.82, 2.24) is 0 Å². The molecular formula is C14H20OS. The third kappa shape index (κ3) is 3.02. The molecule has 16 heavy (non-hydrogen) atoms. The van der Waals surface area contributed by atoms with Crippen LogP contribution in [-0.4, -0.2) is 10.9 Å². The Kier molecular flexibility index (Phi) is 4.30. The van der Waals surface area contributed by atoms with E-state index in [1.54, 1.807) is 0 Å². The van der Waals surface area contributed by atoms with Crippen LogP contribution in [0.2, 0.25) is 0 Å². The Morgan fingerprint density at radius 2 is 2.00 bits per heavy atom. The van der Waals surface area contributed by atoms with E-state index in [0.717, 1.165) is 11.5 Å². The summed E-state index contributed by atoms with van der Waals surface area (Å²) in [7, 11) is 0. The summed E-state index contributed by atoms with van der Waals surface area (Å²) in [6.45, 7) is 1.84. The monoisotopic (exact) mass is 236 g/mol.